The van der Waals surface area contributed by atoms with Crippen molar-refractivity contribution in [2.45, 2.75) is 0 Å². The minimum absolute atomic E-state index is 0.177. The van der Waals surface area contributed by atoms with Crippen molar-refractivity contribution in [3.63, 3.8) is 0 Å². The van der Waals surface area contributed by atoms with E-state index in [-0.39, 0.29) is 76.8 Å². The van der Waals surface area contributed by atoms with E-state index in [9.17, 15) is 5.48 Å². The van der Waals surface area contributed by atoms with Gasteiger partial charge < -0.3 is 4.57 Å². The van der Waals surface area contributed by atoms with Gasteiger partial charge in [-0.25, -0.2) is 9.97 Å². The summed E-state index contributed by atoms with van der Waals surface area (Å²) in [5, 5.41) is 6.27. The predicted octanol–water partition coefficient (Wildman–Crippen LogP) is 15.5. The van der Waals surface area contributed by atoms with Gasteiger partial charge in [-0.05, 0) is 54.0 Å². The van der Waals surface area contributed by atoms with E-state index in [0.29, 0.717) is 38.1 Å². The summed E-state index contributed by atoms with van der Waals surface area (Å²) >= 11 is 1.72. The smallest absolute Gasteiger partial charge is 0.166 e. The van der Waals surface area contributed by atoms with Crippen LogP contribution in [0.5, 0.6) is 0 Å². The zero-order valence-electron chi connectivity index (χ0n) is 41.7. The van der Waals surface area contributed by atoms with Crippen molar-refractivity contribution < 1.29 is 11.0 Å². The lowest BCUT2D eigenvalue weighted by Gasteiger charge is -2.20. The molecule has 0 atom stereocenters. The molecule has 0 aliphatic carbocycles. The summed E-state index contributed by atoms with van der Waals surface area (Å²) in [6, 6.07) is 51.9. The quantitative estimate of drug-likeness (QED) is 0.173. The number of fused-ring (bicyclic) bond motifs is 12. The van der Waals surface area contributed by atoms with Gasteiger partial charge in [0, 0.05) is 64.1 Å². The summed E-state index contributed by atoms with van der Waals surface area (Å²) in [5.74, 6) is 0.827. The average molecular weight is 842 g/mol. The number of nitrogens with zero attached hydrogens (tertiary/aromatic N) is 5. The minimum atomic E-state index is -0.389. The monoisotopic (exact) mass is 841 g/mol. The molecule has 14 rings (SSSR count). The van der Waals surface area contributed by atoms with Crippen molar-refractivity contribution in [3.05, 3.63) is 212 Å². The molecule has 0 aliphatic heterocycles. The summed E-state index contributed by atoms with van der Waals surface area (Å²) in [4.78, 5) is 11.2. The second-order valence-corrected chi connectivity index (χ2v) is 17.0. The van der Waals surface area contributed by atoms with E-state index >= 15 is 0 Å². The largest absolute Gasteiger partial charge is 0.308 e. The van der Waals surface area contributed by atoms with Gasteiger partial charge in [0.25, 0.3) is 0 Å². The fourth-order valence-corrected chi connectivity index (χ4v) is 11.1. The van der Waals surface area contributed by atoms with Gasteiger partial charge in [0.2, 0.25) is 0 Å². The molecule has 0 bridgehead atoms. The number of para-hydroxylation sites is 6. The van der Waals surface area contributed by atoms with Crippen LogP contribution in [0.15, 0.2) is 212 Å². The van der Waals surface area contributed by atoms with Crippen LogP contribution in [-0.2, 0) is 0 Å². The Morgan fingerprint density at radius 3 is 1.42 bits per heavy atom. The standard InChI is InChI=1S/C58H35N5S/c1-8-27-46-36(17-1)37-18-2-9-28-47(37)61(46)52-33-16-24-43(45-26-15-25-44-42-23-7-14-34-53(42)64-57(44)45)56(52)58-59-54(62-48-29-10-3-19-38(48)39-20-4-11-30-49(39)62)35-55(60-58)63-50-31-12-5-21-40(50)41-22-6-13-32-51(41)63/h1-35H/i3D,5D,10D,12D,19D,21D,29D,31D. The number of benzene rings is 9. The number of hydrogen-bond donors (Lipinski definition) is 0. The Hall–Kier alpha value is -8.32. The van der Waals surface area contributed by atoms with Gasteiger partial charge in [0.05, 0.1) is 55.3 Å². The van der Waals surface area contributed by atoms with E-state index in [4.69, 9.17) is 15.5 Å². The van der Waals surface area contributed by atoms with Gasteiger partial charge in [0.15, 0.2) is 5.82 Å². The molecule has 0 amide bonds. The van der Waals surface area contributed by atoms with Gasteiger partial charge in [-0.3, -0.25) is 9.13 Å². The van der Waals surface area contributed by atoms with Crippen molar-refractivity contribution in [1.29, 1.82) is 0 Å². The van der Waals surface area contributed by atoms with Gasteiger partial charge in [0.1, 0.15) is 11.6 Å². The maximum atomic E-state index is 9.47. The fourth-order valence-electron chi connectivity index (χ4n) is 9.90. The van der Waals surface area contributed by atoms with E-state index in [1.165, 1.54) is 0 Å². The average Bonchev–Trinajstić information content (AvgIpc) is 4.17. The molecular formula is C58H35N5S. The van der Waals surface area contributed by atoms with Crippen LogP contribution in [-0.4, -0.2) is 23.7 Å². The summed E-state index contributed by atoms with van der Waals surface area (Å²) in [6.45, 7) is 0. The normalized spacial score (nSPS) is 13.8. The highest BCUT2D eigenvalue weighted by atomic mass is 32.1. The van der Waals surface area contributed by atoms with Gasteiger partial charge in [-0.1, -0.05) is 158 Å². The third-order valence-corrected chi connectivity index (χ3v) is 13.8. The first-order valence-corrected chi connectivity index (χ1v) is 21.8. The topological polar surface area (TPSA) is 40.6 Å². The minimum Gasteiger partial charge on any atom is -0.308 e. The molecule has 298 valence electrons. The summed E-state index contributed by atoms with van der Waals surface area (Å²) in [5.41, 5.74) is 6.80. The second kappa shape index (κ2) is 13.6. The number of hydrogen-bond acceptors (Lipinski definition) is 3. The molecule has 0 unspecified atom stereocenters. The van der Waals surface area contributed by atoms with E-state index in [1.807, 2.05) is 72.8 Å². The molecule has 14 aromatic rings. The highest BCUT2D eigenvalue weighted by Crippen LogP contribution is 2.46. The third-order valence-electron chi connectivity index (χ3n) is 12.6. The van der Waals surface area contributed by atoms with Crippen molar-refractivity contribution in [2.24, 2.45) is 0 Å². The van der Waals surface area contributed by atoms with E-state index < -0.39 is 0 Å². The Morgan fingerprint density at radius 2 is 0.828 bits per heavy atom. The maximum absolute atomic E-state index is 9.47. The van der Waals surface area contributed by atoms with Crippen LogP contribution >= 0.6 is 11.3 Å². The second-order valence-electron chi connectivity index (χ2n) is 15.9. The van der Waals surface area contributed by atoms with E-state index in [0.717, 1.165) is 58.8 Å². The van der Waals surface area contributed by atoms with Crippen LogP contribution in [0.25, 0.3) is 125 Å². The molecule has 6 heteroatoms. The van der Waals surface area contributed by atoms with Crippen molar-refractivity contribution in [1.82, 2.24) is 23.7 Å². The first-order valence-electron chi connectivity index (χ1n) is 25.0. The zero-order chi connectivity index (χ0) is 48.8. The molecule has 5 heterocycles. The van der Waals surface area contributed by atoms with Crippen LogP contribution in [0.3, 0.4) is 0 Å². The molecular weight excluding hydrogens is 799 g/mol. The van der Waals surface area contributed by atoms with Crippen LogP contribution in [0, 0.1) is 0 Å². The van der Waals surface area contributed by atoms with Crippen LogP contribution < -0.4 is 0 Å². The zero-order valence-corrected chi connectivity index (χ0v) is 34.5. The first-order chi connectivity index (χ1) is 35.1. The lowest BCUT2D eigenvalue weighted by atomic mass is 9.95. The summed E-state index contributed by atoms with van der Waals surface area (Å²) in [6.07, 6.45) is 0. The van der Waals surface area contributed by atoms with Crippen molar-refractivity contribution in [2.75, 3.05) is 0 Å². The molecule has 9 aromatic carbocycles. The molecule has 0 spiro atoms. The molecule has 0 saturated carbocycles. The number of rotatable bonds is 5. The van der Waals surface area contributed by atoms with Crippen molar-refractivity contribution in [3.8, 4) is 39.8 Å². The molecule has 0 aliphatic rings. The highest BCUT2D eigenvalue weighted by molar-refractivity contribution is 7.26. The molecule has 0 radical (unpaired) electrons. The van der Waals surface area contributed by atoms with Gasteiger partial charge >= 0.3 is 0 Å². The molecule has 0 saturated heterocycles. The summed E-state index contributed by atoms with van der Waals surface area (Å²) in [7, 11) is 0. The van der Waals surface area contributed by atoms with Crippen LogP contribution in [0.4, 0.5) is 0 Å². The SMILES string of the molecule is [2H]c1c([2H])c([2H])c2c(c1[2H])c1ccccc1n2-c1cc(-n2c3ccccc3c3c([2H])c([2H])c([2H])c([2H])c32)nc(-c2c(-c3cccc4c3sc3ccccc34)cccc2-n2c3ccccc3c3ccccc32)n1. The third kappa shape index (κ3) is 5.00. The Bertz CT molecular complexity index is 4490. The van der Waals surface area contributed by atoms with Crippen LogP contribution in [0.2, 0.25) is 0 Å². The van der Waals surface area contributed by atoms with Gasteiger partial charge in [-0.2, -0.15) is 0 Å². The van der Waals surface area contributed by atoms with E-state index in [2.05, 4.69) is 89.5 Å². The maximum Gasteiger partial charge on any atom is 0.166 e. The lowest BCUT2D eigenvalue weighted by molar-refractivity contribution is 0.991. The predicted molar refractivity (Wildman–Crippen MR) is 269 cm³/mol. The highest BCUT2D eigenvalue weighted by Gasteiger charge is 2.25. The Balaban J connectivity index is 1.20. The molecule has 64 heavy (non-hydrogen) atoms. The number of thiophene rings is 1. The lowest BCUT2D eigenvalue weighted by Crippen LogP contribution is -2.08. The Kier molecular flexibility index (Phi) is 6.01. The Labute approximate surface area is 382 Å². The molecule has 0 fully saturated rings. The van der Waals surface area contributed by atoms with E-state index in [1.54, 1.807) is 26.5 Å². The number of aromatic nitrogens is 5. The van der Waals surface area contributed by atoms with Crippen LogP contribution in [0.1, 0.15) is 11.0 Å². The van der Waals surface area contributed by atoms with Gasteiger partial charge in [-0.15, -0.1) is 11.3 Å². The first kappa shape index (κ1) is 28.3. The Morgan fingerprint density at radius 1 is 0.375 bits per heavy atom. The molecule has 5 aromatic heterocycles. The van der Waals surface area contributed by atoms with Crippen molar-refractivity contribution >= 4 is 96.9 Å². The molecule has 5 nitrogen and oxygen atoms in total. The summed E-state index contributed by atoms with van der Waals surface area (Å²) < 4.78 is 80.8. The fraction of sp³-hybridized carbons (Fsp3) is 0. The molecule has 0 N–H and O–H groups in total.